The predicted octanol–water partition coefficient (Wildman–Crippen LogP) is 5.85. The number of hydrogen-bond donors (Lipinski definition) is 3. The van der Waals surface area contributed by atoms with Crippen molar-refractivity contribution in [1.29, 1.82) is 0 Å². The number of benzene rings is 1. The van der Waals surface area contributed by atoms with E-state index in [4.69, 9.17) is 11.6 Å². The average Bonchev–Trinajstić information content (AvgIpc) is 2.72. The van der Waals surface area contributed by atoms with Gasteiger partial charge in [0, 0.05) is 12.0 Å². The molecular formula is C21H28BrClN2O3. The van der Waals surface area contributed by atoms with Gasteiger partial charge in [-0.25, -0.2) is 0 Å². The molecule has 1 unspecified atom stereocenters. The van der Waals surface area contributed by atoms with E-state index < -0.39 is 0 Å². The number of alkyl halides is 1. The summed E-state index contributed by atoms with van der Waals surface area (Å²) < 4.78 is 0. The SMILES string of the molecule is O=C(Nc1cc(Cl)c(NC(=O)C(Br)C2CCCCC2)cc1O)C1CCCCC1. The van der Waals surface area contributed by atoms with Gasteiger partial charge < -0.3 is 15.7 Å². The molecular weight excluding hydrogens is 444 g/mol. The molecule has 2 aliphatic carbocycles. The van der Waals surface area contributed by atoms with E-state index in [-0.39, 0.29) is 39.0 Å². The van der Waals surface area contributed by atoms with Crippen molar-refractivity contribution in [2.45, 2.75) is 69.0 Å². The topological polar surface area (TPSA) is 78.4 Å². The molecule has 7 heteroatoms. The van der Waals surface area contributed by atoms with Crippen LogP contribution in [0, 0.1) is 11.8 Å². The second-order valence-corrected chi connectivity index (χ2v) is 9.36. The van der Waals surface area contributed by atoms with E-state index in [9.17, 15) is 14.7 Å². The molecule has 2 fully saturated rings. The van der Waals surface area contributed by atoms with Crippen molar-refractivity contribution < 1.29 is 14.7 Å². The van der Waals surface area contributed by atoms with Crippen LogP contribution >= 0.6 is 27.5 Å². The van der Waals surface area contributed by atoms with Gasteiger partial charge >= 0.3 is 0 Å². The summed E-state index contributed by atoms with van der Waals surface area (Å²) >= 11 is 9.83. The van der Waals surface area contributed by atoms with Gasteiger partial charge in [0.05, 0.1) is 21.2 Å². The lowest BCUT2D eigenvalue weighted by Gasteiger charge is -2.25. The Balaban J connectivity index is 1.64. The van der Waals surface area contributed by atoms with Crippen LogP contribution in [0.5, 0.6) is 5.75 Å². The van der Waals surface area contributed by atoms with Crippen molar-refractivity contribution in [1.82, 2.24) is 0 Å². The van der Waals surface area contributed by atoms with Crippen LogP contribution in [0.25, 0.3) is 0 Å². The van der Waals surface area contributed by atoms with Gasteiger partial charge in [0.15, 0.2) is 0 Å². The molecule has 0 heterocycles. The molecule has 1 aromatic carbocycles. The van der Waals surface area contributed by atoms with Crippen LogP contribution in [0.3, 0.4) is 0 Å². The lowest BCUT2D eigenvalue weighted by atomic mass is 9.86. The summed E-state index contributed by atoms with van der Waals surface area (Å²) in [7, 11) is 0. The van der Waals surface area contributed by atoms with Gasteiger partial charge in [0.2, 0.25) is 11.8 Å². The first kappa shape index (κ1) is 21.4. The highest BCUT2D eigenvalue weighted by Crippen LogP contribution is 2.36. The largest absolute Gasteiger partial charge is 0.506 e. The molecule has 0 bridgehead atoms. The first-order chi connectivity index (χ1) is 13.5. The standard InChI is InChI=1S/C21H28BrClN2O3/c22-19(13-7-3-1-4-8-13)21(28)24-16-12-18(26)17(11-15(16)23)25-20(27)14-9-5-2-6-10-14/h11-14,19,26H,1-10H2,(H,24,28)(H,25,27). The Morgan fingerprint density at radius 3 is 2.21 bits per heavy atom. The molecule has 154 valence electrons. The first-order valence-electron chi connectivity index (χ1n) is 10.2. The Hall–Kier alpha value is -1.27. The summed E-state index contributed by atoms with van der Waals surface area (Å²) in [5.41, 5.74) is 0.626. The summed E-state index contributed by atoms with van der Waals surface area (Å²) in [5.74, 6) is -0.0494. The molecule has 0 aromatic heterocycles. The molecule has 2 amide bonds. The number of halogens is 2. The van der Waals surface area contributed by atoms with Crippen LogP contribution in [0.15, 0.2) is 12.1 Å². The Labute approximate surface area is 179 Å². The number of carbonyl (C=O) groups is 2. The monoisotopic (exact) mass is 470 g/mol. The van der Waals surface area contributed by atoms with Crippen molar-refractivity contribution in [3.8, 4) is 5.75 Å². The van der Waals surface area contributed by atoms with Crippen molar-refractivity contribution in [3.05, 3.63) is 17.2 Å². The van der Waals surface area contributed by atoms with E-state index in [1.54, 1.807) is 0 Å². The fourth-order valence-corrected chi connectivity index (χ4v) is 5.05. The molecule has 1 atom stereocenters. The van der Waals surface area contributed by atoms with Gasteiger partial charge in [-0.2, -0.15) is 0 Å². The van der Waals surface area contributed by atoms with Gasteiger partial charge in [-0.15, -0.1) is 0 Å². The van der Waals surface area contributed by atoms with Crippen molar-refractivity contribution in [2.75, 3.05) is 10.6 Å². The molecule has 0 aliphatic heterocycles. The van der Waals surface area contributed by atoms with Crippen LogP contribution in [0.1, 0.15) is 64.2 Å². The number of phenolic OH excluding ortho intramolecular Hbond substituents is 1. The highest BCUT2D eigenvalue weighted by Gasteiger charge is 2.28. The van der Waals surface area contributed by atoms with Gasteiger partial charge in [-0.1, -0.05) is 66.1 Å². The molecule has 0 saturated heterocycles. The number of aromatic hydroxyl groups is 1. The highest BCUT2D eigenvalue weighted by molar-refractivity contribution is 9.10. The number of rotatable bonds is 5. The zero-order valence-electron chi connectivity index (χ0n) is 16.0. The molecule has 1 aromatic rings. The molecule has 0 radical (unpaired) electrons. The Bertz CT molecular complexity index is 716. The summed E-state index contributed by atoms with van der Waals surface area (Å²) in [5, 5.41) is 16.2. The van der Waals surface area contributed by atoms with Crippen molar-refractivity contribution in [2.24, 2.45) is 11.8 Å². The second kappa shape index (κ2) is 9.97. The molecule has 3 N–H and O–H groups in total. The van der Waals surface area contributed by atoms with Crippen LogP contribution in [-0.4, -0.2) is 21.7 Å². The van der Waals surface area contributed by atoms with Crippen LogP contribution in [0.2, 0.25) is 5.02 Å². The summed E-state index contributed by atoms with van der Waals surface area (Å²) in [6.07, 6.45) is 10.6. The normalized spacial score (nSPS) is 19.8. The Morgan fingerprint density at radius 2 is 1.57 bits per heavy atom. The third-order valence-corrected chi connectivity index (χ3v) is 7.37. The average molecular weight is 472 g/mol. The van der Waals surface area contributed by atoms with E-state index in [0.29, 0.717) is 11.6 Å². The number of nitrogens with one attached hydrogen (secondary N) is 2. The molecule has 2 saturated carbocycles. The fourth-order valence-electron chi connectivity index (χ4n) is 4.20. The van der Waals surface area contributed by atoms with Gasteiger partial charge in [-0.3, -0.25) is 9.59 Å². The quantitative estimate of drug-likeness (QED) is 0.372. The second-order valence-electron chi connectivity index (χ2n) is 7.96. The number of hydrogen-bond acceptors (Lipinski definition) is 3. The summed E-state index contributed by atoms with van der Waals surface area (Å²) in [6, 6.07) is 2.90. The molecule has 3 rings (SSSR count). The minimum absolute atomic E-state index is 0.0176. The maximum atomic E-state index is 12.6. The minimum Gasteiger partial charge on any atom is -0.506 e. The molecule has 5 nitrogen and oxygen atoms in total. The highest BCUT2D eigenvalue weighted by atomic mass is 79.9. The summed E-state index contributed by atoms with van der Waals surface area (Å²) in [4.78, 5) is 24.7. The van der Waals surface area contributed by atoms with Gasteiger partial charge in [-0.05, 0) is 37.7 Å². The smallest absolute Gasteiger partial charge is 0.238 e. The zero-order chi connectivity index (χ0) is 20.1. The molecule has 28 heavy (non-hydrogen) atoms. The number of anilines is 2. The van der Waals surface area contributed by atoms with Crippen LogP contribution < -0.4 is 10.6 Å². The maximum Gasteiger partial charge on any atom is 0.238 e. The molecule has 2 aliphatic rings. The van der Waals surface area contributed by atoms with E-state index in [1.807, 2.05) is 0 Å². The Morgan fingerprint density at radius 1 is 0.964 bits per heavy atom. The maximum absolute atomic E-state index is 12.6. The van der Waals surface area contributed by atoms with Crippen LogP contribution in [-0.2, 0) is 9.59 Å². The van der Waals surface area contributed by atoms with E-state index in [2.05, 4.69) is 26.6 Å². The molecule has 0 spiro atoms. The summed E-state index contributed by atoms with van der Waals surface area (Å²) in [6.45, 7) is 0. The van der Waals surface area contributed by atoms with Crippen molar-refractivity contribution in [3.63, 3.8) is 0 Å². The van der Waals surface area contributed by atoms with E-state index >= 15 is 0 Å². The third-order valence-electron chi connectivity index (χ3n) is 5.89. The number of phenols is 1. The third kappa shape index (κ3) is 5.41. The zero-order valence-corrected chi connectivity index (χ0v) is 18.3. The number of carbonyl (C=O) groups excluding carboxylic acids is 2. The van der Waals surface area contributed by atoms with Crippen LogP contribution in [0.4, 0.5) is 11.4 Å². The number of amides is 2. The van der Waals surface area contributed by atoms with Gasteiger partial charge in [0.25, 0.3) is 0 Å². The lowest BCUT2D eigenvalue weighted by molar-refractivity contribution is -0.120. The fraction of sp³-hybridized carbons (Fsp3) is 0.619. The van der Waals surface area contributed by atoms with Crippen molar-refractivity contribution >= 4 is 50.7 Å². The minimum atomic E-state index is -0.281. The van der Waals surface area contributed by atoms with E-state index in [0.717, 1.165) is 51.4 Å². The Kier molecular flexibility index (Phi) is 7.63. The van der Waals surface area contributed by atoms with Gasteiger partial charge in [0.1, 0.15) is 5.75 Å². The predicted molar refractivity (Wildman–Crippen MR) is 116 cm³/mol. The van der Waals surface area contributed by atoms with E-state index in [1.165, 1.54) is 25.0 Å². The first-order valence-corrected chi connectivity index (χ1v) is 11.5. The lowest BCUT2D eigenvalue weighted by Crippen LogP contribution is -2.31.